The number of ether oxygens (including phenoxy) is 1. The monoisotopic (exact) mass is 511 g/mol. The van der Waals surface area contributed by atoms with Crippen molar-refractivity contribution in [3.63, 3.8) is 0 Å². The number of allylic oxidation sites excluding steroid dienone is 1. The molecule has 4 rings (SSSR count). The molecule has 0 saturated carbocycles. The molecule has 3 heterocycles. The fourth-order valence-electron chi connectivity index (χ4n) is 4.02. The van der Waals surface area contributed by atoms with Crippen molar-refractivity contribution in [1.82, 2.24) is 15.0 Å². The summed E-state index contributed by atoms with van der Waals surface area (Å²) in [5, 5.41) is 16.4. The highest BCUT2D eigenvalue weighted by molar-refractivity contribution is 7.82. The Morgan fingerprint density at radius 1 is 1.24 bits per heavy atom. The van der Waals surface area contributed by atoms with Gasteiger partial charge in [0.25, 0.3) is 0 Å². The van der Waals surface area contributed by atoms with Crippen molar-refractivity contribution in [2.45, 2.75) is 25.0 Å². The summed E-state index contributed by atoms with van der Waals surface area (Å²) < 4.78 is 18.1. The zero-order valence-corrected chi connectivity index (χ0v) is 21.4. The Morgan fingerprint density at radius 3 is 2.70 bits per heavy atom. The molecule has 2 unspecified atom stereocenters. The van der Waals surface area contributed by atoms with Gasteiger partial charge >= 0.3 is 0 Å². The van der Waals surface area contributed by atoms with Crippen molar-refractivity contribution in [2.24, 2.45) is 15.9 Å². The number of rotatable bonds is 7. The van der Waals surface area contributed by atoms with Crippen LogP contribution in [0.1, 0.15) is 35.5 Å². The molecule has 0 bridgehead atoms. The molecule has 1 aromatic carbocycles. The minimum Gasteiger partial charge on any atom is -0.483 e. The van der Waals surface area contributed by atoms with E-state index in [0.717, 1.165) is 22.1 Å². The maximum atomic E-state index is 11.9. The van der Waals surface area contributed by atoms with Crippen LogP contribution in [0.2, 0.25) is 0 Å². The second-order valence-electron chi connectivity index (χ2n) is 8.22. The predicted octanol–water partition coefficient (Wildman–Crippen LogP) is 3.99. The van der Waals surface area contributed by atoms with E-state index >= 15 is 0 Å². The number of nitrogens with zero attached hydrogens (tertiary/aromatic N) is 5. The summed E-state index contributed by atoms with van der Waals surface area (Å²) in [5.74, 6) is 0.339. The molecule has 3 aromatic heterocycles. The van der Waals surface area contributed by atoms with Crippen molar-refractivity contribution in [1.29, 1.82) is 5.26 Å². The highest BCUT2D eigenvalue weighted by Gasteiger charge is 2.19. The van der Waals surface area contributed by atoms with Gasteiger partial charge in [0, 0.05) is 59.5 Å². The standard InChI is InChI=1S/C27H25N7O2S/c1-16-9-20(17(2)36-26-5-4-8-32-27(26)37(30)35)22-11-21(25(13-29)34-24(22)10-16)18-6-7-23(33-15-18)19(12-28)14-31-3/h4-12,14-15,17H,28,30H2,1-3H3/b19-12+,31-14?. The maximum absolute atomic E-state index is 11.9. The van der Waals surface area contributed by atoms with Crippen LogP contribution in [-0.2, 0) is 11.0 Å². The minimum absolute atomic E-state index is 0.169. The second kappa shape index (κ2) is 11.1. The Labute approximate surface area is 217 Å². The van der Waals surface area contributed by atoms with Crippen LogP contribution in [0.25, 0.3) is 27.6 Å². The third kappa shape index (κ3) is 5.38. The second-order valence-corrected chi connectivity index (χ2v) is 9.20. The first-order chi connectivity index (χ1) is 17.9. The zero-order valence-electron chi connectivity index (χ0n) is 20.5. The normalized spacial score (nSPS) is 13.4. The molecule has 0 aliphatic heterocycles. The van der Waals surface area contributed by atoms with Gasteiger partial charge in [-0.05, 0) is 49.7 Å². The van der Waals surface area contributed by atoms with Gasteiger partial charge < -0.3 is 10.5 Å². The highest BCUT2D eigenvalue weighted by Crippen LogP contribution is 2.34. The van der Waals surface area contributed by atoms with Crippen molar-refractivity contribution in [3.8, 4) is 22.9 Å². The Kier molecular flexibility index (Phi) is 7.67. The molecule has 37 heavy (non-hydrogen) atoms. The van der Waals surface area contributed by atoms with Gasteiger partial charge in [-0.25, -0.2) is 19.3 Å². The molecule has 0 aliphatic carbocycles. The predicted molar refractivity (Wildman–Crippen MR) is 145 cm³/mol. The molecule has 0 fully saturated rings. The number of aliphatic imine (C=N–C) groups is 1. The largest absolute Gasteiger partial charge is 0.483 e. The zero-order chi connectivity index (χ0) is 26.5. The minimum atomic E-state index is -1.80. The summed E-state index contributed by atoms with van der Waals surface area (Å²) in [5.41, 5.74) is 11.2. The van der Waals surface area contributed by atoms with Crippen LogP contribution in [0.4, 0.5) is 0 Å². The lowest BCUT2D eigenvalue weighted by atomic mass is 9.96. The van der Waals surface area contributed by atoms with E-state index < -0.39 is 17.1 Å². The summed E-state index contributed by atoms with van der Waals surface area (Å²) in [6.07, 6.45) is 5.81. The van der Waals surface area contributed by atoms with Crippen LogP contribution >= 0.6 is 0 Å². The van der Waals surface area contributed by atoms with Crippen molar-refractivity contribution in [3.05, 3.63) is 83.6 Å². The van der Waals surface area contributed by atoms with Crippen LogP contribution in [0.15, 0.2) is 71.1 Å². The third-order valence-corrected chi connectivity index (χ3v) is 6.39. The lowest BCUT2D eigenvalue weighted by molar-refractivity contribution is 0.220. The van der Waals surface area contributed by atoms with Gasteiger partial charge in [-0.15, -0.1) is 0 Å². The average molecular weight is 512 g/mol. The Bertz CT molecular complexity index is 1590. The first-order valence-electron chi connectivity index (χ1n) is 11.3. The van der Waals surface area contributed by atoms with Crippen LogP contribution in [0.5, 0.6) is 5.75 Å². The molecule has 0 amide bonds. The smallest absolute Gasteiger partial charge is 0.184 e. The van der Waals surface area contributed by atoms with E-state index in [-0.39, 0.29) is 10.7 Å². The molecule has 4 N–H and O–H groups in total. The maximum Gasteiger partial charge on any atom is 0.184 e. The van der Waals surface area contributed by atoms with Gasteiger partial charge in [0.05, 0.1) is 11.2 Å². The summed E-state index contributed by atoms with van der Waals surface area (Å²) in [6.45, 7) is 3.83. The Balaban J connectivity index is 1.82. The fraction of sp³-hybridized carbons (Fsp3) is 0.148. The summed E-state index contributed by atoms with van der Waals surface area (Å²) in [7, 11) is -0.138. The number of hydrogen-bond donors (Lipinski definition) is 2. The number of aromatic nitrogens is 3. The van der Waals surface area contributed by atoms with Gasteiger partial charge in [-0.1, -0.05) is 12.1 Å². The molecule has 0 saturated heterocycles. The van der Waals surface area contributed by atoms with Gasteiger partial charge in [0.15, 0.2) is 10.8 Å². The number of nitriles is 1. The fourth-order valence-corrected chi connectivity index (χ4v) is 4.50. The molecule has 10 heteroatoms. The quantitative estimate of drug-likeness (QED) is 0.356. The van der Waals surface area contributed by atoms with Gasteiger partial charge in [0.2, 0.25) is 0 Å². The molecular formula is C27H25N7O2S. The molecule has 0 spiro atoms. The SMILES string of the molecule is CN=C/C(=C\N)c1ccc(-c2cc3c(C(C)Oc4cccnc4S(N)=O)cc(C)cc3nc2C#N)cn1. The van der Waals surface area contributed by atoms with Gasteiger partial charge in [-0.3, -0.25) is 9.98 Å². The summed E-state index contributed by atoms with van der Waals surface area (Å²) in [6, 6.07) is 15.1. The van der Waals surface area contributed by atoms with E-state index in [1.165, 1.54) is 12.4 Å². The number of hydrogen-bond acceptors (Lipinski definition) is 8. The van der Waals surface area contributed by atoms with E-state index in [9.17, 15) is 9.47 Å². The molecular weight excluding hydrogens is 486 g/mol. The molecule has 0 radical (unpaired) electrons. The number of fused-ring (bicyclic) bond motifs is 1. The van der Waals surface area contributed by atoms with Crippen LogP contribution in [-0.4, -0.2) is 32.4 Å². The van der Waals surface area contributed by atoms with E-state index in [1.54, 1.807) is 31.6 Å². The molecule has 4 aromatic rings. The number of nitrogens with two attached hydrogens (primary N) is 2. The molecule has 0 aliphatic rings. The summed E-state index contributed by atoms with van der Waals surface area (Å²) in [4.78, 5) is 17.2. The van der Waals surface area contributed by atoms with Crippen LogP contribution < -0.4 is 15.6 Å². The lowest BCUT2D eigenvalue weighted by Crippen LogP contribution is -2.11. The Hall–Kier alpha value is -4.46. The third-order valence-electron chi connectivity index (χ3n) is 5.70. The topological polar surface area (TPSA) is 153 Å². The van der Waals surface area contributed by atoms with Gasteiger partial charge in [-0.2, -0.15) is 5.26 Å². The Morgan fingerprint density at radius 2 is 2.05 bits per heavy atom. The van der Waals surface area contributed by atoms with Crippen molar-refractivity contribution >= 4 is 33.7 Å². The van der Waals surface area contributed by atoms with E-state index in [4.69, 9.17) is 15.6 Å². The first-order valence-corrected chi connectivity index (χ1v) is 12.5. The average Bonchev–Trinajstić information content (AvgIpc) is 2.90. The van der Waals surface area contributed by atoms with Crippen LogP contribution in [0.3, 0.4) is 0 Å². The van der Waals surface area contributed by atoms with E-state index in [1.807, 2.05) is 44.2 Å². The van der Waals surface area contributed by atoms with Crippen LogP contribution in [0, 0.1) is 18.3 Å². The van der Waals surface area contributed by atoms with E-state index in [0.29, 0.717) is 28.1 Å². The lowest BCUT2D eigenvalue weighted by Gasteiger charge is -2.19. The van der Waals surface area contributed by atoms with Gasteiger partial charge in [0.1, 0.15) is 28.9 Å². The number of benzene rings is 1. The first kappa shape index (κ1) is 25.6. The van der Waals surface area contributed by atoms with Crippen molar-refractivity contribution < 1.29 is 8.95 Å². The number of aryl methyl sites for hydroxylation is 1. The molecule has 2 atom stereocenters. The van der Waals surface area contributed by atoms with E-state index in [2.05, 4.69) is 26.0 Å². The van der Waals surface area contributed by atoms with Crippen molar-refractivity contribution in [2.75, 3.05) is 7.05 Å². The molecule has 9 nitrogen and oxygen atoms in total. The molecule has 186 valence electrons. The summed E-state index contributed by atoms with van der Waals surface area (Å²) >= 11 is 0. The number of pyridine rings is 3. The highest BCUT2D eigenvalue weighted by atomic mass is 32.2.